The molecule has 4 rings (SSSR count). The lowest BCUT2D eigenvalue weighted by Crippen LogP contribution is -2.29. The van der Waals surface area contributed by atoms with Crippen LogP contribution in [0.15, 0.2) is 61.1 Å². The predicted octanol–water partition coefficient (Wildman–Crippen LogP) is 4.28. The minimum Gasteiger partial charge on any atom is -0.372 e. The summed E-state index contributed by atoms with van der Waals surface area (Å²) in [5.41, 5.74) is 3.57. The molecule has 1 N–H and O–H groups in total. The normalized spacial score (nSPS) is 13.9. The zero-order valence-corrected chi connectivity index (χ0v) is 17.0. The molecule has 1 fully saturated rings. The second-order valence-corrected chi connectivity index (χ2v) is 7.49. The number of benzene rings is 1. The van der Waals surface area contributed by atoms with Gasteiger partial charge in [0, 0.05) is 56.6 Å². The Hall–Kier alpha value is -3.15. The van der Waals surface area contributed by atoms with E-state index in [4.69, 9.17) is 0 Å². The number of rotatable bonds is 7. The number of hydrogen-bond donors (Lipinski definition) is 1. The van der Waals surface area contributed by atoms with Crippen molar-refractivity contribution in [1.82, 2.24) is 15.0 Å². The Morgan fingerprint density at radius 2 is 1.69 bits per heavy atom. The first-order valence-corrected chi connectivity index (χ1v) is 10.3. The third-order valence-corrected chi connectivity index (χ3v) is 5.36. The van der Waals surface area contributed by atoms with Crippen molar-refractivity contribution in [1.29, 1.82) is 0 Å². The first-order chi connectivity index (χ1) is 14.3. The monoisotopic (exact) mass is 388 g/mol. The first kappa shape index (κ1) is 19.2. The molecule has 6 nitrogen and oxygen atoms in total. The summed E-state index contributed by atoms with van der Waals surface area (Å²) >= 11 is 0. The van der Waals surface area contributed by atoms with E-state index in [2.05, 4.69) is 61.4 Å². The van der Waals surface area contributed by atoms with E-state index in [0.29, 0.717) is 5.95 Å². The molecule has 0 saturated carbocycles. The zero-order valence-electron chi connectivity index (χ0n) is 17.0. The van der Waals surface area contributed by atoms with Crippen molar-refractivity contribution in [3.05, 3.63) is 66.6 Å². The molecule has 0 atom stereocenters. The molecule has 0 unspecified atom stereocenters. The maximum absolute atomic E-state index is 4.67. The summed E-state index contributed by atoms with van der Waals surface area (Å²) in [7, 11) is 2.06. The Morgan fingerprint density at radius 1 is 0.931 bits per heavy atom. The SMILES string of the molecule is CN(CCc1ccncc1)c1ccnc(Nc2ccc(N3CCCCC3)cc2)n1. The summed E-state index contributed by atoms with van der Waals surface area (Å²) < 4.78 is 0. The van der Waals surface area contributed by atoms with E-state index in [1.807, 2.05) is 30.6 Å². The molecule has 1 aromatic carbocycles. The van der Waals surface area contributed by atoms with Gasteiger partial charge in [-0.05, 0) is 73.7 Å². The molecule has 0 amide bonds. The van der Waals surface area contributed by atoms with Crippen LogP contribution in [-0.4, -0.2) is 41.6 Å². The van der Waals surface area contributed by atoms with Gasteiger partial charge in [-0.3, -0.25) is 4.98 Å². The van der Waals surface area contributed by atoms with Gasteiger partial charge < -0.3 is 15.1 Å². The van der Waals surface area contributed by atoms with E-state index < -0.39 is 0 Å². The summed E-state index contributed by atoms with van der Waals surface area (Å²) in [4.78, 5) is 17.7. The van der Waals surface area contributed by atoms with E-state index in [1.165, 1.54) is 30.5 Å². The van der Waals surface area contributed by atoms with Crippen LogP contribution in [0.1, 0.15) is 24.8 Å². The number of anilines is 4. The molecule has 150 valence electrons. The van der Waals surface area contributed by atoms with Crippen LogP contribution in [0.4, 0.5) is 23.1 Å². The fourth-order valence-electron chi connectivity index (χ4n) is 3.62. The van der Waals surface area contributed by atoms with Crippen LogP contribution in [0.2, 0.25) is 0 Å². The Bertz CT molecular complexity index is 891. The van der Waals surface area contributed by atoms with Crippen molar-refractivity contribution in [2.24, 2.45) is 0 Å². The van der Waals surface area contributed by atoms with Crippen molar-refractivity contribution >= 4 is 23.1 Å². The summed E-state index contributed by atoms with van der Waals surface area (Å²) in [5.74, 6) is 1.52. The average molecular weight is 389 g/mol. The minimum atomic E-state index is 0.615. The number of nitrogens with one attached hydrogen (secondary N) is 1. The number of piperidine rings is 1. The van der Waals surface area contributed by atoms with Gasteiger partial charge in [-0.15, -0.1) is 0 Å². The van der Waals surface area contributed by atoms with Crippen LogP contribution in [0.3, 0.4) is 0 Å². The topological polar surface area (TPSA) is 57.2 Å². The molecule has 29 heavy (non-hydrogen) atoms. The Morgan fingerprint density at radius 3 is 2.45 bits per heavy atom. The molecule has 1 saturated heterocycles. The van der Waals surface area contributed by atoms with Crippen LogP contribution >= 0.6 is 0 Å². The number of aromatic nitrogens is 3. The lowest BCUT2D eigenvalue weighted by atomic mass is 10.1. The van der Waals surface area contributed by atoms with Crippen LogP contribution in [0.25, 0.3) is 0 Å². The predicted molar refractivity (Wildman–Crippen MR) is 119 cm³/mol. The Balaban J connectivity index is 1.36. The van der Waals surface area contributed by atoms with Gasteiger partial charge in [-0.25, -0.2) is 4.98 Å². The summed E-state index contributed by atoms with van der Waals surface area (Å²) in [5, 5.41) is 3.33. The number of likely N-dealkylation sites (N-methyl/N-ethyl adjacent to an activating group) is 1. The average Bonchev–Trinajstić information content (AvgIpc) is 2.79. The van der Waals surface area contributed by atoms with Gasteiger partial charge in [0.05, 0.1) is 0 Å². The molecule has 3 aromatic rings. The maximum Gasteiger partial charge on any atom is 0.229 e. The van der Waals surface area contributed by atoms with Crippen LogP contribution in [0, 0.1) is 0 Å². The fraction of sp³-hybridized carbons (Fsp3) is 0.348. The van der Waals surface area contributed by atoms with Crippen LogP contribution in [-0.2, 0) is 6.42 Å². The molecular formula is C23H28N6. The van der Waals surface area contributed by atoms with Gasteiger partial charge in [0.25, 0.3) is 0 Å². The smallest absolute Gasteiger partial charge is 0.229 e. The van der Waals surface area contributed by atoms with Crippen molar-refractivity contribution in [3.63, 3.8) is 0 Å². The maximum atomic E-state index is 4.67. The lowest BCUT2D eigenvalue weighted by Gasteiger charge is -2.28. The van der Waals surface area contributed by atoms with Gasteiger partial charge >= 0.3 is 0 Å². The molecule has 3 heterocycles. The highest BCUT2D eigenvalue weighted by Crippen LogP contribution is 2.23. The molecule has 0 aliphatic carbocycles. The summed E-state index contributed by atoms with van der Waals surface area (Å²) in [6.07, 6.45) is 10.3. The molecule has 1 aliphatic heterocycles. The fourth-order valence-corrected chi connectivity index (χ4v) is 3.62. The van der Waals surface area contributed by atoms with Crippen LogP contribution in [0.5, 0.6) is 0 Å². The van der Waals surface area contributed by atoms with Gasteiger partial charge in [-0.1, -0.05) is 0 Å². The highest BCUT2D eigenvalue weighted by atomic mass is 15.2. The van der Waals surface area contributed by atoms with Crippen molar-refractivity contribution in [2.75, 3.05) is 41.8 Å². The lowest BCUT2D eigenvalue weighted by molar-refractivity contribution is 0.578. The van der Waals surface area contributed by atoms with Gasteiger partial charge in [0.15, 0.2) is 0 Å². The molecule has 1 aliphatic rings. The van der Waals surface area contributed by atoms with Crippen LogP contribution < -0.4 is 15.1 Å². The second-order valence-electron chi connectivity index (χ2n) is 7.49. The van der Waals surface area contributed by atoms with Gasteiger partial charge in [-0.2, -0.15) is 4.98 Å². The summed E-state index contributed by atoms with van der Waals surface area (Å²) in [6, 6.07) is 14.6. The van der Waals surface area contributed by atoms with Gasteiger partial charge in [0.1, 0.15) is 5.82 Å². The van der Waals surface area contributed by atoms with E-state index >= 15 is 0 Å². The quantitative estimate of drug-likeness (QED) is 0.652. The molecule has 0 bridgehead atoms. The van der Waals surface area contributed by atoms with E-state index in [0.717, 1.165) is 37.6 Å². The number of nitrogens with zero attached hydrogens (tertiary/aromatic N) is 5. The Kier molecular flexibility index (Phi) is 6.19. The zero-order chi connectivity index (χ0) is 19.9. The molecule has 2 aromatic heterocycles. The molecule has 0 spiro atoms. The van der Waals surface area contributed by atoms with Crippen molar-refractivity contribution in [2.45, 2.75) is 25.7 Å². The third kappa shape index (κ3) is 5.22. The highest BCUT2D eigenvalue weighted by Gasteiger charge is 2.11. The second kappa shape index (κ2) is 9.37. The molecular weight excluding hydrogens is 360 g/mol. The summed E-state index contributed by atoms with van der Waals surface area (Å²) in [6.45, 7) is 3.19. The van der Waals surface area contributed by atoms with E-state index in [1.54, 1.807) is 6.20 Å². The van der Waals surface area contributed by atoms with Crippen molar-refractivity contribution in [3.8, 4) is 0 Å². The largest absolute Gasteiger partial charge is 0.372 e. The Labute approximate surface area is 172 Å². The third-order valence-electron chi connectivity index (χ3n) is 5.36. The molecule has 6 heteroatoms. The molecule has 0 radical (unpaired) electrons. The van der Waals surface area contributed by atoms with E-state index in [9.17, 15) is 0 Å². The number of pyridine rings is 1. The number of hydrogen-bond acceptors (Lipinski definition) is 6. The minimum absolute atomic E-state index is 0.615. The van der Waals surface area contributed by atoms with Crippen molar-refractivity contribution < 1.29 is 0 Å². The van der Waals surface area contributed by atoms with Gasteiger partial charge in [0.2, 0.25) is 5.95 Å². The first-order valence-electron chi connectivity index (χ1n) is 10.3. The highest BCUT2D eigenvalue weighted by molar-refractivity contribution is 5.60. The van der Waals surface area contributed by atoms with E-state index in [-0.39, 0.29) is 0 Å². The standard InChI is InChI=1S/C23H28N6/c1-28(18-12-19-9-13-24-14-10-19)22-11-15-25-23(27-22)26-20-5-7-21(8-6-20)29-16-3-2-4-17-29/h5-11,13-15H,2-4,12,16-18H2,1H3,(H,25,26,27).